The second kappa shape index (κ2) is 6.92. The number of hydrogen-bond acceptors (Lipinski definition) is 3. The van der Waals surface area contributed by atoms with E-state index >= 15 is 0 Å². The van der Waals surface area contributed by atoms with Gasteiger partial charge in [-0.05, 0) is 51.9 Å². The van der Waals surface area contributed by atoms with Gasteiger partial charge in [0.2, 0.25) is 0 Å². The van der Waals surface area contributed by atoms with E-state index in [0.29, 0.717) is 18.6 Å². The van der Waals surface area contributed by atoms with E-state index < -0.39 is 0 Å². The maximum Gasteiger partial charge on any atom is 0.124 e. The minimum Gasteiger partial charge on any atom is -0.494 e. The molecule has 0 saturated carbocycles. The summed E-state index contributed by atoms with van der Waals surface area (Å²) in [6.07, 6.45) is 3.76. The second-order valence-corrected chi connectivity index (χ2v) is 5.39. The van der Waals surface area contributed by atoms with Crippen LogP contribution in [0.4, 0.5) is 0 Å². The molecular formula is C16H26N2O. The Kier molecular flexibility index (Phi) is 5.23. The topological polar surface area (TPSA) is 38.5 Å². The van der Waals surface area contributed by atoms with Crippen LogP contribution in [0.25, 0.3) is 0 Å². The molecule has 2 unspecified atom stereocenters. The molecule has 1 saturated heterocycles. The normalized spacial score (nSPS) is 25.0. The first kappa shape index (κ1) is 14.4. The van der Waals surface area contributed by atoms with Crippen LogP contribution in [0.1, 0.15) is 37.8 Å². The van der Waals surface area contributed by atoms with Gasteiger partial charge in [-0.25, -0.2) is 0 Å². The Labute approximate surface area is 116 Å². The standard InChI is InChI=1S/C16H26N2O/c1-3-19-15-10-5-4-9-14(15)16-13(12-17)8-6-7-11-18(16)2/h4-5,9-10,13,16H,3,6-8,11-12,17H2,1-2H3. The van der Waals surface area contributed by atoms with E-state index in [-0.39, 0.29) is 0 Å². The van der Waals surface area contributed by atoms with Crippen LogP contribution in [0.2, 0.25) is 0 Å². The van der Waals surface area contributed by atoms with Crippen LogP contribution in [0.5, 0.6) is 5.75 Å². The summed E-state index contributed by atoms with van der Waals surface area (Å²) >= 11 is 0. The number of ether oxygens (including phenoxy) is 1. The highest BCUT2D eigenvalue weighted by Crippen LogP contribution is 2.37. The number of hydrogen-bond donors (Lipinski definition) is 1. The molecule has 0 aromatic heterocycles. The maximum atomic E-state index is 6.02. The first-order valence-corrected chi connectivity index (χ1v) is 7.40. The van der Waals surface area contributed by atoms with E-state index in [1.165, 1.54) is 24.8 Å². The highest BCUT2D eigenvalue weighted by atomic mass is 16.5. The van der Waals surface area contributed by atoms with E-state index in [0.717, 1.165) is 18.8 Å². The van der Waals surface area contributed by atoms with Gasteiger partial charge in [0.15, 0.2) is 0 Å². The molecule has 106 valence electrons. The number of nitrogens with two attached hydrogens (primary N) is 1. The van der Waals surface area contributed by atoms with Gasteiger partial charge in [0.25, 0.3) is 0 Å². The molecule has 2 rings (SSSR count). The van der Waals surface area contributed by atoms with Crippen molar-refractivity contribution in [3.63, 3.8) is 0 Å². The fraction of sp³-hybridized carbons (Fsp3) is 0.625. The van der Waals surface area contributed by atoms with Crippen molar-refractivity contribution < 1.29 is 4.74 Å². The SMILES string of the molecule is CCOc1ccccc1C1C(CN)CCCCN1C. The van der Waals surface area contributed by atoms with E-state index in [9.17, 15) is 0 Å². The van der Waals surface area contributed by atoms with Crippen molar-refractivity contribution in [1.82, 2.24) is 4.90 Å². The molecule has 3 nitrogen and oxygen atoms in total. The molecule has 0 amide bonds. The molecule has 2 atom stereocenters. The first-order valence-electron chi connectivity index (χ1n) is 7.40. The minimum absolute atomic E-state index is 0.384. The van der Waals surface area contributed by atoms with Gasteiger partial charge >= 0.3 is 0 Å². The highest BCUT2D eigenvalue weighted by Gasteiger charge is 2.29. The summed E-state index contributed by atoms with van der Waals surface area (Å²) in [6.45, 7) is 4.63. The summed E-state index contributed by atoms with van der Waals surface area (Å²) < 4.78 is 5.80. The van der Waals surface area contributed by atoms with Crippen molar-refractivity contribution >= 4 is 0 Å². The number of nitrogens with zero attached hydrogens (tertiary/aromatic N) is 1. The van der Waals surface area contributed by atoms with Crippen LogP contribution < -0.4 is 10.5 Å². The Balaban J connectivity index is 2.34. The third-order valence-electron chi connectivity index (χ3n) is 4.10. The van der Waals surface area contributed by atoms with Crippen molar-refractivity contribution in [2.75, 3.05) is 26.7 Å². The van der Waals surface area contributed by atoms with E-state index in [2.05, 4.69) is 30.1 Å². The Bertz CT molecular complexity index is 394. The van der Waals surface area contributed by atoms with Crippen LogP contribution in [-0.4, -0.2) is 31.6 Å². The molecule has 1 aliphatic rings. The number of rotatable bonds is 4. The molecule has 1 fully saturated rings. The molecule has 1 aromatic carbocycles. The molecule has 3 heteroatoms. The number of likely N-dealkylation sites (tertiary alicyclic amines) is 1. The zero-order valence-corrected chi connectivity index (χ0v) is 12.1. The fourth-order valence-corrected chi connectivity index (χ4v) is 3.17. The molecule has 1 aliphatic heterocycles. The maximum absolute atomic E-state index is 6.02. The lowest BCUT2D eigenvalue weighted by Gasteiger charge is -2.33. The van der Waals surface area contributed by atoms with Crippen molar-refractivity contribution in [3.8, 4) is 5.75 Å². The summed E-state index contributed by atoms with van der Waals surface area (Å²) in [6, 6.07) is 8.80. The molecule has 0 bridgehead atoms. The Hall–Kier alpha value is -1.06. The molecule has 0 spiro atoms. The lowest BCUT2D eigenvalue weighted by Crippen LogP contribution is -2.33. The van der Waals surface area contributed by atoms with Gasteiger partial charge in [0.1, 0.15) is 5.75 Å². The van der Waals surface area contributed by atoms with Crippen molar-refractivity contribution in [3.05, 3.63) is 29.8 Å². The average Bonchev–Trinajstić information content (AvgIpc) is 2.61. The van der Waals surface area contributed by atoms with Gasteiger partial charge in [0, 0.05) is 11.6 Å². The van der Waals surface area contributed by atoms with Gasteiger partial charge in [-0.2, -0.15) is 0 Å². The molecule has 2 N–H and O–H groups in total. The molecule has 19 heavy (non-hydrogen) atoms. The quantitative estimate of drug-likeness (QED) is 0.907. The third-order valence-corrected chi connectivity index (χ3v) is 4.10. The van der Waals surface area contributed by atoms with Crippen LogP contribution in [-0.2, 0) is 0 Å². The average molecular weight is 262 g/mol. The minimum atomic E-state index is 0.384. The Morgan fingerprint density at radius 3 is 2.84 bits per heavy atom. The molecule has 0 aliphatic carbocycles. The van der Waals surface area contributed by atoms with E-state index in [4.69, 9.17) is 10.5 Å². The smallest absolute Gasteiger partial charge is 0.124 e. The summed E-state index contributed by atoms with van der Waals surface area (Å²) in [5, 5.41) is 0. The van der Waals surface area contributed by atoms with Gasteiger partial charge in [-0.1, -0.05) is 24.6 Å². The van der Waals surface area contributed by atoms with E-state index in [1.807, 2.05) is 13.0 Å². The zero-order valence-electron chi connectivity index (χ0n) is 12.1. The monoisotopic (exact) mass is 262 g/mol. The van der Waals surface area contributed by atoms with Crippen molar-refractivity contribution in [2.24, 2.45) is 11.7 Å². The van der Waals surface area contributed by atoms with Crippen LogP contribution >= 0.6 is 0 Å². The fourth-order valence-electron chi connectivity index (χ4n) is 3.17. The summed E-state index contributed by atoms with van der Waals surface area (Å²) in [7, 11) is 2.21. The summed E-state index contributed by atoms with van der Waals surface area (Å²) in [5.74, 6) is 1.54. The number of benzene rings is 1. The lowest BCUT2D eigenvalue weighted by atomic mass is 9.89. The van der Waals surface area contributed by atoms with Crippen molar-refractivity contribution in [1.29, 1.82) is 0 Å². The molecule has 1 heterocycles. The molecule has 0 radical (unpaired) electrons. The van der Waals surface area contributed by atoms with Crippen LogP contribution in [0, 0.1) is 5.92 Å². The lowest BCUT2D eigenvalue weighted by molar-refractivity contribution is 0.189. The van der Waals surface area contributed by atoms with Crippen LogP contribution in [0.3, 0.4) is 0 Å². The largest absolute Gasteiger partial charge is 0.494 e. The second-order valence-electron chi connectivity index (χ2n) is 5.39. The Morgan fingerprint density at radius 1 is 1.32 bits per heavy atom. The predicted octanol–water partition coefficient (Wildman–Crippen LogP) is 2.82. The predicted molar refractivity (Wildman–Crippen MR) is 79.4 cm³/mol. The van der Waals surface area contributed by atoms with Gasteiger partial charge in [-0.15, -0.1) is 0 Å². The molecular weight excluding hydrogens is 236 g/mol. The first-order chi connectivity index (χ1) is 9.27. The number of para-hydroxylation sites is 1. The zero-order chi connectivity index (χ0) is 13.7. The van der Waals surface area contributed by atoms with E-state index in [1.54, 1.807) is 0 Å². The van der Waals surface area contributed by atoms with Gasteiger partial charge < -0.3 is 10.5 Å². The molecule has 1 aromatic rings. The Morgan fingerprint density at radius 2 is 2.11 bits per heavy atom. The highest BCUT2D eigenvalue weighted by molar-refractivity contribution is 5.36. The summed E-state index contributed by atoms with van der Waals surface area (Å²) in [5.41, 5.74) is 7.31. The van der Waals surface area contributed by atoms with Gasteiger partial charge in [0.05, 0.1) is 6.61 Å². The van der Waals surface area contributed by atoms with Crippen LogP contribution in [0.15, 0.2) is 24.3 Å². The summed E-state index contributed by atoms with van der Waals surface area (Å²) in [4.78, 5) is 2.45. The third kappa shape index (κ3) is 3.28. The van der Waals surface area contributed by atoms with Gasteiger partial charge in [-0.3, -0.25) is 4.90 Å². The van der Waals surface area contributed by atoms with Crippen molar-refractivity contribution in [2.45, 2.75) is 32.2 Å².